The van der Waals surface area contributed by atoms with Gasteiger partial charge in [0, 0.05) is 18.0 Å². The molecule has 6 heteroatoms. The summed E-state index contributed by atoms with van der Waals surface area (Å²) in [6.45, 7) is 6.82. The molecule has 98 valence electrons. The first-order valence-corrected chi connectivity index (χ1v) is 5.80. The highest BCUT2D eigenvalue weighted by atomic mass is 16.5. The first kappa shape index (κ1) is 15.7. The van der Waals surface area contributed by atoms with Crippen molar-refractivity contribution in [3.05, 3.63) is 10.4 Å². The minimum absolute atomic E-state index is 0.279. The van der Waals surface area contributed by atoms with E-state index in [0.717, 1.165) is 6.42 Å². The Hall–Kier alpha value is -1.26. The van der Waals surface area contributed by atoms with E-state index in [2.05, 4.69) is 29.2 Å². The van der Waals surface area contributed by atoms with E-state index in [4.69, 9.17) is 10.3 Å². The van der Waals surface area contributed by atoms with Gasteiger partial charge in [-0.15, -0.1) is 0 Å². The van der Waals surface area contributed by atoms with Crippen LogP contribution in [0.2, 0.25) is 0 Å². The van der Waals surface area contributed by atoms with E-state index in [-0.39, 0.29) is 5.97 Å². The molecule has 6 nitrogen and oxygen atoms in total. The molecule has 0 aromatic rings. The quantitative estimate of drug-likeness (QED) is 0.233. The van der Waals surface area contributed by atoms with E-state index >= 15 is 0 Å². The number of esters is 1. The maximum absolute atomic E-state index is 11.7. The first-order chi connectivity index (χ1) is 7.96. The fraction of sp³-hybridized carbons (Fsp3) is 0.909. The van der Waals surface area contributed by atoms with Gasteiger partial charge >= 0.3 is 5.97 Å². The Labute approximate surface area is 102 Å². The van der Waals surface area contributed by atoms with Crippen molar-refractivity contribution in [1.82, 2.24) is 5.32 Å². The van der Waals surface area contributed by atoms with Crippen molar-refractivity contribution in [1.29, 1.82) is 0 Å². The van der Waals surface area contributed by atoms with E-state index in [1.54, 1.807) is 0 Å². The van der Waals surface area contributed by atoms with Gasteiger partial charge in [-0.1, -0.05) is 19.0 Å². The predicted molar refractivity (Wildman–Crippen MR) is 66.5 cm³/mol. The first-order valence-electron chi connectivity index (χ1n) is 5.80. The molecule has 0 radical (unpaired) electrons. The number of carbonyl (C=O) groups is 1. The summed E-state index contributed by atoms with van der Waals surface area (Å²) in [5.74, 6) is 0.247. The molecule has 1 N–H and O–H groups in total. The van der Waals surface area contributed by atoms with E-state index in [9.17, 15) is 4.79 Å². The lowest BCUT2D eigenvalue weighted by Crippen LogP contribution is -2.51. The number of carbonyl (C=O) groups excluding carboxylic acids is 1. The van der Waals surface area contributed by atoms with Crippen molar-refractivity contribution >= 4 is 5.97 Å². The van der Waals surface area contributed by atoms with Crippen LogP contribution in [0.25, 0.3) is 10.4 Å². The van der Waals surface area contributed by atoms with Gasteiger partial charge in [-0.2, -0.15) is 0 Å². The minimum atomic E-state index is -0.704. The summed E-state index contributed by atoms with van der Waals surface area (Å²) < 4.78 is 4.80. The van der Waals surface area contributed by atoms with Crippen LogP contribution in [0.1, 0.15) is 33.6 Å². The van der Waals surface area contributed by atoms with E-state index in [1.807, 2.05) is 6.92 Å². The molecule has 1 atom stereocenters. The molecule has 1 unspecified atom stereocenters. The summed E-state index contributed by atoms with van der Waals surface area (Å²) in [4.78, 5) is 14.4. The fourth-order valence-corrected chi connectivity index (χ4v) is 1.49. The molecule has 0 aromatic carbocycles. The normalized spacial score (nSPS) is 13.9. The van der Waals surface area contributed by atoms with Gasteiger partial charge in [-0.25, -0.2) is 0 Å². The Morgan fingerprint density at radius 1 is 1.59 bits per heavy atom. The predicted octanol–water partition coefficient (Wildman–Crippen LogP) is 2.25. The van der Waals surface area contributed by atoms with Crippen molar-refractivity contribution in [2.24, 2.45) is 11.0 Å². The molecule has 0 aromatic heterocycles. The molecular formula is C11H22N4O2. The van der Waals surface area contributed by atoms with Gasteiger partial charge in [0.25, 0.3) is 0 Å². The molecule has 0 heterocycles. The number of azide groups is 1. The smallest absolute Gasteiger partial charge is 0.325 e. The monoisotopic (exact) mass is 242 g/mol. The lowest BCUT2D eigenvalue weighted by Gasteiger charge is -2.28. The Balaban J connectivity index is 4.38. The third kappa shape index (κ3) is 6.14. The summed E-state index contributed by atoms with van der Waals surface area (Å²) in [5.41, 5.74) is 7.46. The Bertz CT molecular complexity index is 287. The highest BCUT2D eigenvalue weighted by Gasteiger charge is 2.33. The van der Waals surface area contributed by atoms with Gasteiger partial charge < -0.3 is 10.1 Å². The van der Waals surface area contributed by atoms with Gasteiger partial charge in [0.05, 0.1) is 7.11 Å². The van der Waals surface area contributed by atoms with Crippen LogP contribution in [0.3, 0.4) is 0 Å². The number of hydrogen-bond donors (Lipinski definition) is 1. The van der Waals surface area contributed by atoms with Gasteiger partial charge in [0.1, 0.15) is 5.54 Å². The number of ether oxygens (including phenoxy) is 1. The highest BCUT2D eigenvalue weighted by molar-refractivity contribution is 5.80. The SMILES string of the molecule is COC(=O)C(C)(CCC(C)C)NCCN=[N+]=[N-]. The van der Waals surface area contributed by atoms with Crippen LogP contribution in [-0.4, -0.2) is 31.7 Å². The average Bonchev–Trinajstić information content (AvgIpc) is 2.31. The van der Waals surface area contributed by atoms with Gasteiger partial charge in [-0.05, 0) is 31.2 Å². The van der Waals surface area contributed by atoms with Crippen molar-refractivity contribution in [2.75, 3.05) is 20.2 Å². The molecule has 0 fully saturated rings. The molecule has 0 rings (SSSR count). The van der Waals surface area contributed by atoms with Crippen molar-refractivity contribution in [2.45, 2.75) is 39.2 Å². The Kier molecular flexibility index (Phi) is 7.34. The van der Waals surface area contributed by atoms with Crippen LogP contribution >= 0.6 is 0 Å². The average molecular weight is 242 g/mol. The van der Waals surface area contributed by atoms with Gasteiger partial charge in [0.2, 0.25) is 0 Å². The molecule has 0 aliphatic heterocycles. The molecule has 17 heavy (non-hydrogen) atoms. The summed E-state index contributed by atoms with van der Waals surface area (Å²) in [5, 5.41) is 6.52. The largest absolute Gasteiger partial charge is 0.468 e. The van der Waals surface area contributed by atoms with E-state index < -0.39 is 5.54 Å². The lowest BCUT2D eigenvalue weighted by molar-refractivity contribution is -0.148. The van der Waals surface area contributed by atoms with Crippen LogP contribution in [0, 0.1) is 5.92 Å². The van der Waals surface area contributed by atoms with E-state index in [1.165, 1.54) is 7.11 Å². The summed E-state index contributed by atoms with van der Waals surface area (Å²) in [7, 11) is 1.38. The Morgan fingerprint density at radius 2 is 2.24 bits per heavy atom. The van der Waals surface area contributed by atoms with Crippen LogP contribution in [0.15, 0.2) is 5.11 Å². The second-order valence-electron chi connectivity index (χ2n) is 4.64. The zero-order chi connectivity index (χ0) is 13.3. The third-order valence-electron chi connectivity index (χ3n) is 2.65. The minimum Gasteiger partial charge on any atom is -0.468 e. The zero-order valence-electron chi connectivity index (χ0n) is 11.1. The second-order valence-corrected chi connectivity index (χ2v) is 4.64. The van der Waals surface area contributed by atoms with Crippen LogP contribution < -0.4 is 5.32 Å². The molecule has 0 amide bonds. The number of nitrogens with one attached hydrogen (secondary N) is 1. The zero-order valence-corrected chi connectivity index (χ0v) is 11.1. The lowest BCUT2D eigenvalue weighted by atomic mass is 9.92. The van der Waals surface area contributed by atoms with Crippen LogP contribution in [0.4, 0.5) is 0 Å². The molecule has 0 saturated heterocycles. The van der Waals surface area contributed by atoms with E-state index in [0.29, 0.717) is 25.4 Å². The van der Waals surface area contributed by atoms with Crippen molar-refractivity contribution in [3.8, 4) is 0 Å². The van der Waals surface area contributed by atoms with Gasteiger partial charge in [-0.3, -0.25) is 4.79 Å². The molecule has 0 spiro atoms. The summed E-state index contributed by atoms with van der Waals surface area (Å²) >= 11 is 0. The molecule has 0 aliphatic rings. The number of methoxy groups -OCH3 is 1. The molecular weight excluding hydrogens is 220 g/mol. The standard InChI is InChI=1S/C11H22N4O2/c1-9(2)5-6-11(3,10(16)17-4)13-7-8-14-15-12/h9,13H,5-8H2,1-4H3. The maximum atomic E-state index is 11.7. The Morgan fingerprint density at radius 3 is 2.71 bits per heavy atom. The van der Waals surface area contributed by atoms with Gasteiger partial charge in [0.15, 0.2) is 0 Å². The van der Waals surface area contributed by atoms with Crippen LogP contribution in [-0.2, 0) is 9.53 Å². The maximum Gasteiger partial charge on any atom is 0.325 e. The second kappa shape index (κ2) is 7.92. The molecule has 0 bridgehead atoms. The number of nitrogens with zero attached hydrogens (tertiary/aromatic N) is 3. The van der Waals surface area contributed by atoms with Crippen LogP contribution in [0.5, 0.6) is 0 Å². The van der Waals surface area contributed by atoms with Crippen molar-refractivity contribution < 1.29 is 9.53 Å². The molecule has 0 aliphatic carbocycles. The number of rotatable bonds is 8. The fourth-order valence-electron chi connectivity index (χ4n) is 1.49. The highest BCUT2D eigenvalue weighted by Crippen LogP contribution is 2.18. The number of hydrogen-bond acceptors (Lipinski definition) is 4. The third-order valence-corrected chi connectivity index (χ3v) is 2.65. The molecule has 0 saturated carbocycles. The van der Waals surface area contributed by atoms with Crippen molar-refractivity contribution in [3.63, 3.8) is 0 Å². The topological polar surface area (TPSA) is 87.1 Å². The summed E-state index contributed by atoms with van der Waals surface area (Å²) in [6, 6.07) is 0. The summed E-state index contributed by atoms with van der Waals surface area (Å²) in [6.07, 6.45) is 1.63.